The normalized spacial score (nSPS) is 18.8. The summed E-state index contributed by atoms with van der Waals surface area (Å²) < 4.78 is 5.46. The van der Waals surface area contributed by atoms with Gasteiger partial charge in [0.1, 0.15) is 11.3 Å². The predicted octanol–water partition coefficient (Wildman–Crippen LogP) is 1.25. The van der Waals surface area contributed by atoms with E-state index in [0.717, 1.165) is 0 Å². The van der Waals surface area contributed by atoms with Gasteiger partial charge in [-0.15, -0.1) is 0 Å². The Morgan fingerprint density at radius 3 is 2.68 bits per heavy atom. The molecule has 6 nitrogen and oxygen atoms in total. The minimum atomic E-state index is -1.38. The number of aliphatic carboxylic acids is 1. The third-order valence-corrected chi connectivity index (χ3v) is 3.18. The number of nitrogen functional groups attached to an aromatic ring is 1. The Bertz CT molecular complexity index is 554. The lowest BCUT2D eigenvalue weighted by atomic mass is 9.99. The van der Waals surface area contributed by atoms with Crippen LogP contribution in [0.3, 0.4) is 0 Å². The van der Waals surface area contributed by atoms with E-state index in [0.29, 0.717) is 17.1 Å². The monoisotopic (exact) mass is 264 g/mol. The molecule has 102 valence electrons. The molecular formula is C13H16N2O4. The van der Waals surface area contributed by atoms with Crippen molar-refractivity contribution in [2.45, 2.75) is 32.4 Å². The van der Waals surface area contributed by atoms with E-state index in [9.17, 15) is 14.7 Å². The molecule has 0 fully saturated rings. The Labute approximate surface area is 110 Å². The second-order valence-corrected chi connectivity index (χ2v) is 5.03. The van der Waals surface area contributed by atoms with Gasteiger partial charge in [-0.2, -0.15) is 0 Å². The number of carboxylic acid groups (broad SMARTS) is 1. The van der Waals surface area contributed by atoms with E-state index in [1.54, 1.807) is 25.1 Å². The largest absolute Gasteiger partial charge is 0.480 e. The highest BCUT2D eigenvalue weighted by Crippen LogP contribution is 2.39. The van der Waals surface area contributed by atoms with Gasteiger partial charge in [0.15, 0.2) is 6.10 Å². The molecule has 6 heteroatoms. The molecule has 0 radical (unpaired) electrons. The maximum atomic E-state index is 12.2. The highest BCUT2D eigenvalue weighted by atomic mass is 16.5. The minimum absolute atomic E-state index is 0.385. The van der Waals surface area contributed by atoms with Crippen molar-refractivity contribution in [3.05, 3.63) is 18.2 Å². The molecule has 0 aromatic heterocycles. The van der Waals surface area contributed by atoms with Gasteiger partial charge in [-0.25, -0.2) is 4.79 Å². The number of anilines is 2. The molecule has 0 aliphatic carbocycles. The van der Waals surface area contributed by atoms with Crippen LogP contribution >= 0.6 is 0 Å². The van der Waals surface area contributed by atoms with Gasteiger partial charge in [-0.05, 0) is 39.0 Å². The van der Waals surface area contributed by atoms with Crippen LogP contribution in [0.25, 0.3) is 0 Å². The highest BCUT2D eigenvalue weighted by molar-refractivity contribution is 6.06. The van der Waals surface area contributed by atoms with Crippen molar-refractivity contribution in [2.75, 3.05) is 10.6 Å². The van der Waals surface area contributed by atoms with Crippen molar-refractivity contribution in [3.63, 3.8) is 0 Å². The molecule has 0 bridgehead atoms. The third-order valence-electron chi connectivity index (χ3n) is 3.18. The van der Waals surface area contributed by atoms with Gasteiger partial charge in [-0.3, -0.25) is 9.69 Å². The molecule has 19 heavy (non-hydrogen) atoms. The molecule has 1 aromatic carbocycles. The zero-order valence-corrected chi connectivity index (χ0v) is 11.0. The first-order valence-electron chi connectivity index (χ1n) is 5.89. The molecule has 2 rings (SSSR count). The fourth-order valence-electron chi connectivity index (χ4n) is 2.02. The molecule has 0 saturated carbocycles. The lowest BCUT2D eigenvalue weighted by Crippen LogP contribution is -2.58. The second kappa shape index (κ2) is 4.15. The summed E-state index contributed by atoms with van der Waals surface area (Å²) in [4.78, 5) is 24.9. The number of carbonyl (C=O) groups excluding carboxylic acids is 1. The number of ether oxygens (including phenoxy) is 1. The summed E-state index contributed by atoms with van der Waals surface area (Å²) in [7, 11) is 0. The van der Waals surface area contributed by atoms with Crippen molar-refractivity contribution < 1.29 is 19.4 Å². The molecule has 1 aromatic rings. The van der Waals surface area contributed by atoms with E-state index in [1.165, 1.54) is 18.7 Å². The predicted molar refractivity (Wildman–Crippen MR) is 70.1 cm³/mol. The SMILES string of the molecule is CC1Oc2ccc(N)cc2N(C(C)(C)C(=O)O)C1=O. The fraction of sp³-hybridized carbons (Fsp3) is 0.385. The van der Waals surface area contributed by atoms with Crippen molar-refractivity contribution in [2.24, 2.45) is 0 Å². The standard InChI is InChI=1S/C13H16N2O4/c1-7-11(16)15(13(2,3)12(17)18)9-6-8(14)4-5-10(9)19-7/h4-7H,14H2,1-3H3,(H,17,18). The molecule has 1 aliphatic heterocycles. The summed E-state index contributed by atoms with van der Waals surface area (Å²) in [6.07, 6.45) is -0.727. The zero-order chi connectivity index (χ0) is 14.4. The average molecular weight is 264 g/mol. The van der Waals surface area contributed by atoms with Crippen LogP contribution in [0.5, 0.6) is 5.75 Å². The van der Waals surface area contributed by atoms with E-state index in [2.05, 4.69) is 0 Å². The molecule has 1 atom stereocenters. The first kappa shape index (κ1) is 13.2. The summed E-state index contributed by atoms with van der Waals surface area (Å²) in [6.45, 7) is 4.53. The third kappa shape index (κ3) is 1.99. The number of hydrogen-bond acceptors (Lipinski definition) is 4. The van der Waals surface area contributed by atoms with Gasteiger partial charge in [0.05, 0.1) is 5.69 Å². The number of fused-ring (bicyclic) bond motifs is 1. The molecule has 1 aliphatic rings. The Morgan fingerprint density at radius 2 is 2.11 bits per heavy atom. The molecule has 0 spiro atoms. The van der Waals surface area contributed by atoms with Gasteiger partial charge >= 0.3 is 5.97 Å². The van der Waals surface area contributed by atoms with Crippen LogP contribution in [0.1, 0.15) is 20.8 Å². The highest BCUT2D eigenvalue weighted by Gasteiger charge is 2.44. The van der Waals surface area contributed by atoms with Gasteiger partial charge < -0.3 is 15.6 Å². The number of nitrogens with two attached hydrogens (primary N) is 1. The zero-order valence-electron chi connectivity index (χ0n) is 11.0. The van der Waals surface area contributed by atoms with Crippen LogP contribution in [0.4, 0.5) is 11.4 Å². The first-order valence-corrected chi connectivity index (χ1v) is 5.89. The Balaban J connectivity index is 2.62. The number of carboxylic acids is 1. The number of amides is 1. The van der Waals surface area contributed by atoms with Crippen molar-refractivity contribution in [1.82, 2.24) is 0 Å². The smallest absolute Gasteiger partial charge is 0.329 e. The Hall–Kier alpha value is -2.24. The van der Waals surface area contributed by atoms with E-state index in [4.69, 9.17) is 10.5 Å². The molecular weight excluding hydrogens is 248 g/mol. The van der Waals surface area contributed by atoms with Crippen molar-refractivity contribution in [3.8, 4) is 5.75 Å². The topological polar surface area (TPSA) is 92.9 Å². The number of benzene rings is 1. The molecule has 1 heterocycles. The average Bonchev–Trinajstić information content (AvgIpc) is 2.30. The maximum absolute atomic E-state index is 12.2. The summed E-state index contributed by atoms with van der Waals surface area (Å²) >= 11 is 0. The van der Waals surface area contributed by atoms with Crippen molar-refractivity contribution >= 4 is 23.3 Å². The summed E-state index contributed by atoms with van der Waals surface area (Å²) in [6, 6.07) is 4.83. The Kier molecular flexibility index (Phi) is 2.88. The summed E-state index contributed by atoms with van der Waals surface area (Å²) in [5.41, 5.74) is 5.15. The second-order valence-electron chi connectivity index (χ2n) is 5.03. The van der Waals surface area contributed by atoms with E-state index < -0.39 is 23.5 Å². The van der Waals surface area contributed by atoms with Crippen LogP contribution < -0.4 is 15.4 Å². The van der Waals surface area contributed by atoms with Gasteiger partial charge in [0, 0.05) is 5.69 Å². The lowest BCUT2D eigenvalue weighted by Gasteiger charge is -2.40. The van der Waals surface area contributed by atoms with E-state index in [-0.39, 0.29) is 0 Å². The van der Waals surface area contributed by atoms with Crippen LogP contribution in [0.15, 0.2) is 18.2 Å². The van der Waals surface area contributed by atoms with Crippen LogP contribution in [-0.4, -0.2) is 28.6 Å². The van der Waals surface area contributed by atoms with Crippen LogP contribution in [0, 0.1) is 0 Å². The number of nitrogens with zero attached hydrogens (tertiary/aromatic N) is 1. The number of rotatable bonds is 2. The molecule has 3 N–H and O–H groups in total. The molecule has 1 amide bonds. The first-order chi connectivity index (χ1) is 8.75. The van der Waals surface area contributed by atoms with E-state index >= 15 is 0 Å². The summed E-state index contributed by atoms with van der Waals surface area (Å²) in [5.74, 6) is -1.04. The number of hydrogen-bond donors (Lipinski definition) is 2. The Morgan fingerprint density at radius 1 is 1.47 bits per heavy atom. The van der Waals surface area contributed by atoms with Crippen LogP contribution in [0.2, 0.25) is 0 Å². The van der Waals surface area contributed by atoms with Gasteiger partial charge in [-0.1, -0.05) is 0 Å². The van der Waals surface area contributed by atoms with E-state index in [1.807, 2.05) is 0 Å². The fourth-order valence-corrected chi connectivity index (χ4v) is 2.02. The van der Waals surface area contributed by atoms with Crippen LogP contribution in [-0.2, 0) is 9.59 Å². The molecule has 1 unspecified atom stereocenters. The van der Waals surface area contributed by atoms with Gasteiger partial charge in [0.25, 0.3) is 5.91 Å². The maximum Gasteiger partial charge on any atom is 0.329 e. The minimum Gasteiger partial charge on any atom is -0.480 e. The quantitative estimate of drug-likeness (QED) is 0.784. The number of carbonyl (C=O) groups is 2. The summed E-state index contributed by atoms with van der Waals surface area (Å²) in [5, 5.41) is 9.33. The molecule has 0 saturated heterocycles. The lowest BCUT2D eigenvalue weighted by molar-refractivity contribution is -0.145. The van der Waals surface area contributed by atoms with Gasteiger partial charge in [0.2, 0.25) is 0 Å². The van der Waals surface area contributed by atoms with Crippen molar-refractivity contribution in [1.29, 1.82) is 0 Å².